The number of carbonyl (C=O) groups excluding carboxylic acids is 3. The maximum absolute atomic E-state index is 13.0. The monoisotopic (exact) mass is 467 g/mol. The van der Waals surface area contributed by atoms with Gasteiger partial charge in [0.15, 0.2) is 5.78 Å². The maximum atomic E-state index is 13.0. The number of rotatable bonds is 9. The molecule has 3 unspecified atom stereocenters. The highest BCUT2D eigenvalue weighted by Crippen LogP contribution is 2.53. The molecule has 9 nitrogen and oxygen atoms in total. The second-order valence-corrected chi connectivity index (χ2v) is 10.9. The van der Waals surface area contributed by atoms with E-state index >= 15 is 0 Å². The molecule has 1 aliphatic heterocycles. The van der Waals surface area contributed by atoms with Gasteiger partial charge in [-0.1, -0.05) is 11.6 Å². The highest BCUT2D eigenvalue weighted by atomic mass is 35.5. The molecule has 1 fully saturated rings. The lowest BCUT2D eigenvalue weighted by Crippen LogP contribution is -2.58. The Bertz CT molecular complexity index is 687. The van der Waals surface area contributed by atoms with Crippen LogP contribution in [0.1, 0.15) is 54.4 Å². The van der Waals surface area contributed by atoms with Crippen LogP contribution in [0.3, 0.4) is 0 Å². The second kappa shape index (κ2) is 10.4. The average Bonchev–Trinajstić information content (AvgIpc) is 2.96. The molecule has 0 spiro atoms. The quantitative estimate of drug-likeness (QED) is 0.314. The van der Waals surface area contributed by atoms with Crippen molar-refractivity contribution in [3.63, 3.8) is 0 Å². The molecular formula is C19H33ClN2O7P. The van der Waals surface area contributed by atoms with E-state index in [0.717, 1.165) is 0 Å². The molecule has 11 heteroatoms. The van der Waals surface area contributed by atoms with Crippen molar-refractivity contribution in [2.45, 2.75) is 76.7 Å². The third-order valence-electron chi connectivity index (χ3n) is 4.52. The van der Waals surface area contributed by atoms with Crippen LogP contribution in [0.15, 0.2) is 0 Å². The van der Waals surface area contributed by atoms with Crippen molar-refractivity contribution in [2.24, 2.45) is 0 Å². The van der Waals surface area contributed by atoms with Crippen LogP contribution in [-0.4, -0.2) is 64.7 Å². The third-order valence-corrected chi connectivity index (χ3v) is 7.33. The first-order chi connectivity index (χ1) is 13.7. The van der Waals surface area contributed by atoms with Gasteiger partial charge in [-0.3, -0.25) is 19.1 Å². The van der Waals surface area contributed by atoms with Gasteiger partial charge in [-0.2, -0.15) is 0 Å². The maximum Gasteiger partial charge on any atom is 0.411 e. The lowest BCUT2D eigenvalue weighted by atomic mass is 9.91. The number of alkyl halides is 1. The molecule has 2 amide bonds. The Kier molecular flexibility index (Phi) is 9.36. The summed E-state index contributed by atoms with van der Waals surface area (Å²) in [5, 5.41) is 2.65. The van der Waals surface area contributed by atoms with E-state index in [9.17, 15) is 18.9 Å². The normalized spacial score (nSPS) is 23.2. The average molecular weight is 468 g/mol. The van der Waals surface area contributed by atoms with Crippen molar-refractivity contribution < 1.29 is 32.7 Å². The standard InChI is InChI=1S/C19H33ClN2O7P/c1-8-14(23)19(11-15(20)22(12-19)17(25)29-18(5,6)7)21-16(24)13(4)30(26,27-9-2)28-10-3/h13,15H,1,8-12H2,2-7H3,(H,21,24). The van der Waals surface area contributed by atoms with Gasteiger partial charge in [0.1, 0.15) is 22.3 Å². The summed E-state index contributed by atoms with van der Waals surface area (Å²) >= 11 is 6.34. The van der Waals surface area contributed by atoms with Crippen LogP contribution < -0.4 is 5.32 Å². The molecule has 1 saturated heterocycles. The van der Waals surface area contributed by atoms with Crippen molar-refractivity contribution in [1.82, 2.24) is 10.2 Å². The van der Waals surface area contributed by atoms with Crippen molar-refractivity contribution in [3.05, 3.63) is 6.92 Å². The Morgan fingerprint density at radius 1 is 1.27 bits per heavy atom. The summed E-state index contributed by atoms with van der Waals surface area (Å²) in [7, 11) is -3.75. The van der Waals surface area contributed by atoms with Crippen LogP contribution in [0.5, 0.6) is 0 Å². The molecule has 0 saturated carbocycles. The molecule has 30 heavy (non-hydrogen) atoms. The Morgan fingerprint density at radius 3 is 2.23 bits per heavy atom. The first kappa shape index (κ1) is 26.9. The summed E-state index contributed by atoms with van der Waals surface area (Å²) in [4.78, 5) is 39.4. The number of Topliss-reactive ketones (excluding diaryl/α,β-unsaturated/α-hetero) is 1. The number of halogens is 1. The molecular weight excluding hydrogens is 435 g/mol. The van der Waals surface area contributed by atoms with E-state index in [1.807, 2.05) is 0 Å². The predicted molar refractivity (Wildman–Crippen MR) is 113 cm³/mol. The van der Waals surface area contributed by atoms with Gasteiger partial charge in [0.2, 0.25) is 5.91 Å². The van der Waals surface area contributed by atoms with Crippen molar-refractivity contribution in [1.29, 1.82) is 0 Å². The fraction of sp³-hybridized carbons (Fsp3) is 0.789. The second-order valence-electron chi connectivity index (χ2n) is 8.04. The molecule has 0 aliphatic carbocycles. The summed E-state index contributed by atoms with van der Waals surface area (Å²) in [6.07, 6.45) is -0.860. The number of carbonyl (C=O) groups is 3. The minimum atomic E-state index is -3.75. The van der Waals surface area contributed by atoms with Gasteiger partial charge < -0.3 is 19.1 Å². The van der Waals surface area contributed by atoms with Gasteiger partial charge in [-0.25, -0.2) is 4.79 Å². The molecule has 1 heterocycles. The van der Waals surface area contributed by atoms with Gasteiger partial charge in [-0.05, 0) is 48.5 Å². The predicted octanol–water partition coefficient (Wildman–Crippen LogP) is 3.49. The molecule has 0 aromatic carbocycles. The number of hydrogen-bond donors (Lipinski definition) is 1. The minimum Gasteiger partial charge on any atom is -0.444 e. The molecule has 1 rings (SSSR count). The van der Waals surface area contributed by atoms with Crippen molar-refractivity contribution in [2.75, 3.05) is 19.8 Å². The van der Waals surface area contributed by atoms with Crippen LogP contribution in [0.2, 0.25) is 0 Å². The topological polar surface area (TPSA) is 111 Å². The fourth-order valence-electron chi connectivity index (χ4n) is 3.06. The zero-order valence-corrected chi connectivity index (χ0v) is 20.2. The minimum absolute atomic E-state index is 0.0335. The van der Waals surface area contributed by atoms with Gasteiger partial charge in [-0.15, -0.1) is 0 Å². The van der Waals surface area contributed by atoms with Gasteiger partial charge in [0.25, 0.3) is 0 Å². The molecule has 0 bridgehead atoms. The van der Waals surface area contributed by atoms with E-state index in [4.69, 9.17) is 25.4 Å². The van der Waals surface area contributed by atoms with Crippen molar-refractivity contribution >= 4 is 37.0 Å². The van der Waals surface area contributed by atoms with E-state index in [-0.39, 0.29) is 32.6 Å². The lowest BCUT2D eigenvalue weighted by molar-refractivity contribution is -0.131. The summed E-state index contributed by atoms with van der Waals surface area (Å²) in [6.45, 7) is 13.4. The summed E-state index contributed by atoms with van der Waals surface area (Å²) in [5.74, 6) is -1.10. The van der Waals surface area contributed by atoms with Crippen LogP contribution in [0.4, 0.5) is 4.79 Å². The molecule has 0 aromatic rings. The molecule has 173 valence electrons. The third kappa shape index (κ3) is 6.42. The summed E-state index contributed by atoms with van der Waals surface area (Å²) in [6, 6.07) is 0. The van der Waals surface area contributed by atoms with Crippen LogP contribution in [-0.2, 0) is 27.9 Å². The Labute approximate surface area is 183 Å². The van der Waals surface area contributed by atoms with E-state index in [2.05, 4.69) is 12.2 Å². The number of nitrogens with zero attached hydrogens (tertiary/aromatic N) is 1. The lowest BCUT2D eigenvalue weighted by Gasteiger charge is -2.31. The van der Waals surface area contributed by atoms with E-state index in [0.29, 0.717) is 0 Å². The number of amides is 2. The van der Waals surface area contributed by atoms with Crippen LogP contribution in [0, 0.1) is 6.92 Å². The first-order valence-corrected chi connectivity index (χ1v) is 12.0. The summed E-state index contributed by atoms with van der Waals surface area (Å²) in [5.41, 5.74) is -4.28. The highest BCUT2D eigenvalue weighted by Gasteiger charge is 2.52. The van der Waals surface area contributed by atoms with Crippen LogP contribution >= 0.6 is 19.2 Å². The molecule has 0 aromatic heterocycles. The zero-order chi connectivity index (χ0) is 23.3. The smallest absolute Gasteiger partial charge is 0.411 e. The molecule has 1 aliphatic rings. The van der Waals surface area contributed by atoms with Gasteiger partial charge in [0, 0.05) is 12.8 Å². The Hall–Kier alpha value is -1.15. The molecule has 1 N–H and O–H groups in total. The molecule has 3 atom stereocenters. The van der Waals surface area contributed by atoms with E-state index in [1.54, 1.807) is 34.6 Å². The Morgan fingerprint density at radius 2 is 1.80 bits per heavy atom. The van der Waals surface area contributed by atoms with Gasteiger partial charge >= 0.3 is 13.7 Å². The largest absolute Gasteiger partial charge is 0.444 e. The number of ether oxygens (including phenoxy) is 1. The first-order valence-electron chi connectivity index (χ1n) is 9.92. The van der Waals surface area contributed by atoms with E-state index in [1.165, 1.54) is 11.8 Å². The van der Waals surface area contributed by atoms with Crippen LogP contribution in [0.25, 0.3) is 0 Å². The van der Waals surface area contributed by atoms with E-state index < -0.39 is 47.7 Å². The Balaban J connectivity index is 3.13. The number of nitrogens with one attached hydrogen (secondary N) is 1. The van der Waals surface area contributed by atoms with Gasteiger partial charge in [0.05, 0.1) is 19.8 Å². The zero-order valence-electron chi connectivity index (χ0n) is 18.5. The summed E-state index contributed by atoms with van der Waals surface area (Å²) < 4.78 is 28.8. The van der Waals surface area contributed by atoms with Crippen molar-refractivity contribution in [3.8, 4) is 0 Å². The highest BCUT2D eigenvalue weighted by molar-refractivity contribution is 7.55. The fourth-order valence-corrected chi connectivity index (χ4v) is 5.06. The number of likely N-dealkylation sites (tertiary alicyclic amines) is 1. The number of ketones is 1. The SMILES string of the molecule is [CH2]CC(=O)C1(NC(=O)C(C)P(=O)(OCC)OCC)CC(Cl)N(C(=O)OC(C)(C)C)C1. The molecule has 1 radical (unpaired) electrons. The number of hydrogen-bond acceptors (Lipinski definition) is 7.